The number of benzene rings is 2. The topological polar surface area (TPSA) is 108 Å². The molecule has 0 radical (unpaired) electrons. The van der Waals surface area contributed by atoms with E-state index in [9.17, 15) is 19.5 Å². The molecule has 42 heavy (non-hydrogen) atoms. The Bertz CT molecular complexity index is 1190. The Hall–Kier alpha value is -3.99. The van der Waals surface area contributed by atoms with Crippen molar-refractivity contribution in [2.45, 2.75) is 104 Å². The highest BCUT2D eigenvalue weighted by Gasteiger charge is 2.36. The standard InChI is InChI=1S/C34H47N3O5/c1-8-10-11-12-13-22-37(30(31(39)35-24(3)4)27-18-14-25(9-2)15-19-27)32(40)29(36-33(41)42-34(5,6)7)23-26-16-20-28(38)21-17-26/h2,14-21,24,29-30,38H,8,10-13,22-23H2,1,3-7H3,(H,35,39)(H,36,41). The van der Waals surface area contributed by atoms with Crippen LogP contribution in [0.15, 0.2) is 48.5 Å². The maximum absolute atomic E-state index is 14.5. The van der Waals surface area contributed by atoms with Crippen molar-refractivity contribution in [2.75, 3.05) is 6.54 Å². The zero-order chi connectivity index (χ0) is 31.3. The molecule has 0 aliphatic rings. The number of phenols is 1. The summed E-state index contributed by atoms with van der Waals surface area (Å²) in [5.41, 5.74) is 1.24. The van der Waals surface area contributed by atoms with Gasteiger partial charge in [0.1, 0.15) is 23.4 Å². The van der Waals surface area contributed by atoms with Crippen LogP contribution in [0, 0.1) is 12.3 Å². The lowest BCUT2D eigenvalue weighted by Gasteiger charge is -2.35. The third kappa shape index (κ3) is 11.5. The Morgan fingerprint density at radius 2 is 1.57 bits per heavy atom. The summed E-state index contributed by atoms with van der Waals surface area (Å²) in [7, 11) is 0. The summed E-state index contributed by atoms with van der Waals surface area (Å²) in [6, 6.07) is 11.4. The van der Waals surface area contributed by atoms with E-state index in [1.807, 2.05) is 13.8 Å². The SMILES string of the molecule is C#Cc1ccc(C(C(=O)NC(C)C)N(CCCCCCC)C(=O)C(Cc2ccc(O)cc2)NC(=O)OC(C)(C)C)cc1. The molecule has 3 amide bonds. The summed E-state index contributed by atoms with van der Waals surface area (Å²) in [6.07, 6.45) is 9.75. The first-order chi connectivity index (χ1) is 19.8. The Morgan fingerprint density at radius 3 is 2.12 bits per heavy atom. The van der Waals surface area contributed by atoms with Crippen LogP contribution in [-0.2, 0) is 20.7 Å². The summed E-state index contributed by atoms with van der Waals surface area (Å²) >= 11 is 0. The van der Waals surface area contributed by atoms with Crippen LogP contribution in [0.25, 0.3) is 0 Å². The number of aromatic hydroxyl groups is 1. The Morgan fingerprint density at radius 1 is 0.952 bits per heavy atom. The first kappa shape index (κ1) is 34.2. The number of unbranched alkanes of at least 4 members (excludes halogenated alkanes) is 4. The second kappa shape index (κ2) is 16.5. The fraction of sp³-hybridized carbons (Fsp3) is 0.500. The van der Waals surface area contributed by atoms with Gasteiger partial charge in [-0.3, -0.25) is 9.59 Å². The number of carbonyl (C=O) groups is 3. The maximum Gasteiger partial charge on any atom is 0.408 e. The van der Waals surface area contributed by atoms with E-state index in [1.54, 1.807) is 62.1 Å². The van der Waals surface area contributed by atoms with E-state index in [2.05, 4.69) is 23.5 Å². The number of rotatable bonds is 14. The Labute approximate surface area is 251 Å². The normalized spacial score (nSPS) is 12.6. The molecule has 0 aliphatic carbocycles. The molecule has 2 rings (SSSR count). The molecule has 2 atom stereocenters. The number of amides is 3. The summed E-state index contributed by atoms with van der Waals surface area (Å²) < 4.78 is 5.49. The van der Waals surface area contributed by atoms with Gasteiger partial charge >= 0.3 is 6.09 Å². The van der Waals surface area contributed by atoms with Gasteiger partial charge in [0, 0.05) is 24.6 Å². The largest absolute Gasteiger partial charge is 0.508 e. The zero-order valence-electron chi connectivity index (χ0n) is 25.9. The van der Waals surface area contributed by atoms with Crippen LogP contribution < -0.4 is 10.6 Å². The number of terminal acetylenes is 1. The summed E-state index contributed by atoms with van der Waals surface area (Å²) in [4.78, 5) is 42.7. The van der Waals surface area contributed by atoms with Crippen LogP contribution in [0.4, 0.5) is 4.79 Å². The van der Waals surface area contributed by atoms with Crippen molar-refractivity contribution >= 4 is 17.9 Å². The summed E-state index contributed by atoms with van der Waals surface area (Å²) in [5, 5.41) is 15.5. The highest BCUT2D eigenvalue weighted by Crippen LogP contribution is 2.25. The maximum atomic E-state index is 14.5. The molecule has 0 saturated heterocycles. The minimum Gasteiger partial charge on any atom is -0.508 e. The number of phenolic OH excluding ortho intramolecular Hbond substituents is 1. The van der Waals surface area contributed by atoms with Crippen molar-refractivity contribution in [1.82, 2.24) is 15.5 Å². The molecule has 0 aliphatic heterocycles. The van der Waals surface area contributed by atoms with Crippen LogP contribution in [0.5, 0.6) is 5.75 Å². The van der Waals surface area contributed by atoms with E-state index in [0.29, 0.717) is 24.1 Å². The molecule has 0 bridgehead atoms. The van der Waals surface area contributed by atoms with E-state index < -0.39 is 29.7 Å². The fourth-order valence-electron chi connectivity index (χ4n) is 4.57. The van der Waals surface area contributed by atoms with Gasteiger partial charge in [-0.05, 0) is 76.4 Å². The van der Waals surface area contributed by atoms with E-state index in [0.717, 1.165) is 31.2 Å². The average molecular weight is 578 g/mol. The second-order valence-electron chi connectivity index (χ2n) is 11.8. The quantitative estimate of drug-likeness (QED) is 0.192. The molecular weight excluding hydrogens is 530 g/mol. The van der Waals surface area contributed by atoms with Gasteiger partial charge in [-0.2, -0.15) is 0 Å². The van der Waals surface area contributed by atoms with Gasteiger partial charge in [0.05, 0.1) is 0 Å². The summed E-state index contributed by atoms with van der Waals surface area (Å²) in [5.74, 6) is 1.96. The molecule has 0 saturated carbocycles. The number of hydrogen-bond donors (Lipinski definition) is 3. The lowest BCUT2D eigenvalue weighted by atomic mass is 9.98. The number of carbonyl (C=O) groups excluding carboxylic acids is 3. The van der Waals surface area contributed by atoms with E-state index in [1.165, 1.54) is 12.1 Å². The minimum absolute atomic E-state index is 0.0938. The third-order valence-electron chi connectivity index (χ3n) is 6.53. The first-order valence-corrected chi connectivity index (χ1v) is 14.8. The Balaban J connectivity index is 2.56. The highest BCUT2D eigenvalue weighted by atomic mass is 16.6. The van der Waals surface area contributed by atoms with E-state index in [-0.39, 0.29) is 24.1 Å². The molecule has 0 spiro atoms. The molecule has 8 nitrogen and oxygen atoms in total. The minimum atomic E-state index is -1.03. The number of nitrogens with zero attached hydrogens (tertiary/aromatic N) is 1. The van der Waals surface area contributed by atoms with Gasteiger partial charge in [-0.1, -0.05) is 62.8 Å². The lowest BCUT2D eigenvalue weighted by molar-refractivity contribution is -0.142. The molecule has 0 heterocycles. The van der Waals surface area contributed by atoms with E-state index in [4.69, 9.17) is 11.2 Å². The third-order valence-corrected chi connectivity index (χ3v) is 6.53. The molecule has 0 aromatic heterocycles. The van der Waals surface area contributed by atoms with Crippen LogP contribution >= 0.6 is 0 Å². The molecular formula is C34H47N3O5. The molecule has 2 aromatic carbocycles. The van der Waals surface area contributed by atoms with Crippen LogP contribution in [0.3, 0.4) is 0 Å². The highest BCUT2D eigenvalue weighted by molar-refractivity contribution is 5.92. The molecule has 3 N–H and O–H groups in total. The number of nitrogens with one attached hydrogen (secondary N) is 2. The Kier molecular flexibility index (Phi) is 13.4. The average Bonchev–Trinajstić information content (AvgIpc) is 2.91. The van der Waals surface area contributed by atoms with Gasteiger partial charge < -0.3 is 25.4 Å². The van der Waals surface area contributed by atoms with Gasteiger partial charge in [0.15, 0.2) is 0 Å². The number of hydrogen-bond acceptors (Lipinski definition) is 5. The van der Waals surface area contributed by atoms with Gasteiger partial charge in [0.25, 0.3) is 0 Å². The molecule has 2 unspecified atom stereocenters. The molecule has 0 fully saturated rings. The zero-order valence-corrected chi connectivity index (χ0v) is 25.9. The second-order valence-corrected chi connectivity index (χ2v) is 11.8. The van der Waals surface area contributed by atoms with Gasteiger partial charge in [-0.15, -0.1) is 6.42 Å². The molecule has 228 valence electrons. The van der Waals surface area contributed by atoms with Gasteiger partial charge in [-0.25, -0.2) is 4.79 Å². The van der Waals surface area contributed by atoms with Gasteiger partial charge in [0.2, 0.25) is 11.8 Å². The predicted molar refractivity (Wildman–Crippen MR) is 166 cm³/mol. The van der Waals surface area contributed by atoms with Crippen LogP contribution in [0.1, 0.15) is 96.4 Å². The van der Waals surface area contributed by atoms with Crippen molar-refractivity contribution < 1.29 is 24.2 Å². The fourth-order valence-corrected chi connectivity index (χ4v) is 4.57. The molecule has 2 aromatic rings. The lowest BCUT2D eigenvalue weighted by Crippen LogP contribution is -2.54. The van der Waals surface area contributed by atoms with Crippen molar-refractivity contribution in [2.24, 2.45) is 0 Å². The predicted octanol–water partition coefficient (Wildman–Crippen LogP) is 5.87. The van der Waals surface area contributed by atoms with Crippen LogP contribution in [-0.4, -0.2) is 52.1 Å². The summed E-state index contributed by atoms with van der Waals surface area (Å²) in [6.45, 7) is 11.4. The van der Waals surface area contributed by atoms with Crippen molar-refractivity contribution in [3.8, 4) is 18.1 Å². The van der Waals surface area contributed by atoms with Crippen molar-refractivity contribution in [3.05, 3.63) is 65.2 Å². The molecule has 8 heteroatoms. The number of ether oxygens (including phenoxy) is 1. The number of alkyl carbamates (subject to hydrolysis) is 1. The monoisotopic (exact) mass is 577 g/mol. The van der Waals surface area contributed by atoms with E-state index >= 15 is 0 Å². The van der Waals surface area contributed by atoms with Crippen molar-refractivity contribution in [1.29, 1.82) is 0 Å². The van der Waals surface area contributed by atoms with Crippen molar-refractivity contribution in [3.63, 3.8) is 0 Å². The first-order valence-electron chi connectivity index (χ1n) is 14.8. The smallest absolute Gasteiger partial charge is 0.408 e. The van der Waals surface area contributed by atoms with Crippen LogP contribution in [0.2, 0.25) is 0 Å².